The van der Waals surface area contributed by atoms with Crippen LogP contribution in [0.1, 0.15) is 24.3 Å². The molecule has 1 aliphatic carbocycles. The Morgan fingerprint density at radius 2 is 1.70 bits per heavy atom. The third kappa shape index (κ3) is 3.13. The van der Waals surface area contributed by atoms with Crippen LogP contribution in [-0.4, -0.2) is 6.04 Å². The molecule has 1 N–H and O–H groups in total. The predicted molar refractivity (Wildman–Crippen MR) is 90.0 cm³/mol. The molecule has 3 rings (SSSR count). The van der Waals surface area contributed by atoms with Gasteiger partial charge in [-0.2, -0.15) is 0 Å². The lowest BCUT2D eigenvalue weighted by Crippen LogP contribution is -2.33. The second-order valence-electron chi connectivity index (χ2n) is 5.19. The molecule has 0 heterocycles. The van der Waals surface area contributed by atoms with Crippen molar-refractivity contribution in [2.45, 2.75) is 24.8 Å². The molecule has 0 amide bonds. The molecule has 0 radical (unpaired) electrons. The summed E-state index contributed by atoms with van der Waals surface area (Å²) in [6.45, 7) is 0. The monoisotopic (exact) mass is 369 g/mol. The summed E-state index contributed by atoms with van der Waals surface area (Å²) in [6, 6.07) is 14.7. The molecular formula is C16H14BrCl2N. The molecule has 2 aromatic rings. The fourth-order valence-electron chi connectivity index (χ4n) is 2.56. The van der Waals surface area contributed by atoms with Gasteiger partial charge >= 0.3 is 0 Å². The van der Waals surface area contributed by atoms with Crippen molar-refractivity contribution < 1.29 is 0 Å². The third-order valence-electron chi connectivity index (χ3n) is 3.77. The summed E-state index contributed by atoms with van der Waals surface area (Å²) in [4.78, 5) is 0. The van der Waals surface area contributed by atoms with Crippen molar-refractivity contribution >= 4 is 44.8 Å². The van der Waals surface area contributed by atoms with Gasteiger partial charge < -0.3 is 5.32 Å². The molecule has 0 aliphatic heterocycles. The molecule has 0 bridgehead atoms. The molecule has 0 spiro atoms. The summed E-state index contributed by atoms with van der Waals surface area (Å²) in [5.74, 6) is 0.635. The molecule has 20 heavy (non-hydrogen) atoms. The maximum absolute atomic E-state index is 6.10. The van der Waals surface area contributed by atoms with Crippen molar-refractivity contribution in [1.82, 2.24) is 0 Å². The van der Waals surface area contributed by atoms with Gasteiger partial charge in [0.2, 0.25) is 0 Å². The van der Waals surface area contributed by atoms with Gasteiger partial charge in [-0.3, -0.25) is 0 Å². The van der Waals surface area contributed by atoms with E-state index in [0.29, 0.717) is 12.0 Å². The summed E-state index contributed by atoms with van der Waals surface area (Å²) in [5.41, 5.74) is 2.46. The van der Waals surface area contributed by atoms with Crippen LogP contribution in [0.5, 0.6) is 0 Å². The fourth-order valence-corrected chi connectivity index (χ4v) is 3.12. The van der Waals surface area contributed by atoms with Crippen LogP contribution < -0.4 is 5.32 Å². The van der Waals surface area contributed by atoms with Crippen molar-refractivity contribution in [1.29, 1.82) is 0 Å². The van der Waals surface area contributed by atoms with Crippen molar-refractivity contribution in [2.24, 2.45) is 0 Å². The summed E-state index contributed by atoms with van der Waals surface area (Å²) in [5, 5.41) is 5.06. The van der Waals surface area contributed by atoms with E-state index >= 15 is 0 Å². The zero-order chi connectivity index (χ0) is 14.1. The van der Waals surface area contributed by atoms with Crippen molar-refractivity contribution in [3.05, 3.63) is 62.5 Å². The van der Waals surface area contributed by atoms with Gasteiger partial charge in [0.25, 0.3) is 0 Å². The highest BCUT2D eigenvalue weighted by molar-refractivity contribution is 9.10. The lowest BCUT2D eigenvalue weighted by Gasteiger charge is -2.37. The lowest BCUT2D eigenvalue weighted by atomic mass is 9.76. The number of hydrogen-bond acceptors (Lipinski definition) is 1. The molecule has 2 aromatic carbocycles. The van der Waals surface area contributed by atoms with Crippen LogP contribution in [-0.2, 0) is 0 Å². The zero-order valence-electron chi connectivity index (χ0n) is 10.7. The van der Waals surface area contributed by atoms with Gasteiger partial charge in [0, 0.05) is 21.2 Å². The van der Waals surface area contributed by atoms with E-state index in [1.54, 1.807) is 0 Å². The van der Waals surface area contributed by atoms with Gasteiger partial charge in [0.15, 0.2) is 0 Å². The highest BCUT2D eigenvalue weighted by Gasteiger charge is 2.30. The number of rotatable bonds is 3. The summed E-state index contributed by atoms with van der Waals surface area (Å²) < 4.78 is 0.928. The number of hydrogen-bond donors (Lipinski definition) is 1. The maximum atomic E-state index is 6.10. The highest BCUT2D eigenvalue weighted by Crippen LogP contribution is 2.39. The molecule has 1 saturated carbocycles. The molecule has 0 saturated heterocycles. The summed E-state index contributed by atoms with van der Waals surface area (Å²) in [6.07, 6.45) is 2.30. The second-order valence-corrected chi connectivity index (χ2v) is 6.89. The quantitative estimate of drug-likeness (QED) is 0.686. The standard InChI is InChI=1S/C16H14BrCl2N/c17-15-6-5-13(9-16(15)19)20-14-7-11(8-14)10-1-3-12(18)4-2-10/h1-6,9,11,14,20H,7-8H2. The number of benzene rings is 2. The Bertz CT molecular complexity index is 606. The Kier molecular flexibility index (Phi) is 4.25. The normalized spacial score (nSPS) is 21.4. The number of halogens is 3. The first-order chi connectivity index (χ1) is 9.61. The van der Waals surface area contributed by atoms with E-state index in [0.717, 1.165) is 33.0 Å². The van der Waals surface area contributed by atoms with Crippen LogP contribution in [0.4, 0.5) is 5.69 Å². The minimum absolute atomic E-state index is 0.521. The first-order valence-electron chi connectivity index (χ1n) is 6.59. The molecule has 4 heteroatoms. The predicted octanol–water partition coefficient (Wildman–Crippen LogP) is 6.11. The minimum Gasteiger partial charge on any atom is -0.382 e. The first kappa shape index (κ1) is 14.2. The molecular weight excluding hydrogens is 357 g/mol. The highest BCUT2D eigenvalue weighted by atomic mass is 79.9. The van der Waals surface area contributed by atoms with Crippen LogP contribution in [0, 0.1) is 0 Å². The first-order valence-corrected chi connectivity index (χ1v) is 8.14. The van der Waals surface area contributed by atoms with Gasteiger partial charge in [0.1, 0.15) is 0 Å². The number of anilines is 1. The smallest absolute Gasteiger partial charge is 0.0568 e. The zero-order valence-corrected chi connectivity index (χ0v) is 13.8. The number of nitrogens with one attached hydrogen (secondary N) is 1. The van der Waals surface area contributed by atoms with Crippen molar-refractivity contribution in [3.8, 4) is 0 Å². The second kappa shape index (κ2) is 5.97. The van der Waals surface area contributed by atoms with E-state index in [2.05, 4.69) is 33.4 Å². The Hall–Kier alpha value is -0.700. The fraction of sp³-hybridized carbons (Fsp3) is 0.250. The van der Waals surface area contributed by atoms with Gasteiger partial charge in [-0.05, 0) is 70.6 Å². The average Bonchev–Trinajstić information content (AvgIpc) is 2.39. The largest absolute Gasteiger partial charge is 0.382 e. The van der Waals surface area contributed by atoms with Crippen LogP contribution in [0.2, 0.25) is 10.0 Å². The van der Waals surface area contributed by atoms with E-state index in [1.165, 1.54) is 5.56 Å². The molecule has 104 valence electrons. The topological polar surface area (TPSA) is 12.0 Å². The van der Waals surface area contributed by atoms with Crippen LogP contribution in [0.15, 0.2) is 46.9 Å². The molecule has 1 aliphatic rings. The average molecular weight is 371 g/mol. The van der Waals surface area contributed by atoms with Gasteiger partial charge in [-0.15, -0.1) is 0 Å². The van der Waals surface area contributed by atoms with E-state index in [4.69, 9.17) is 23.2 Å². The molecule has 0 atom stereocenters. The molecule has 0 aromatic heterocycles. The lowest BCUT2D eigenvalue weighted by molar-refractivity contribution is 0.374. The van der Waals surface area contributed by atoms with Gasteiger partial charge in [-0.25, -0.2) is 0 Å². The Balaban J connectivity index is 1.58. The Morgan fingerprint density at radius 1 is 1.00 bits per heavy atom. The van der Waals surface area contributed by atoms with E-state index in [-0.39, 0.29) is 0 Å². The van der Waals surface area contributed by atoms with Crippen molar-refractivity contribution in [2.75, 3.05) is 5.32 Å². The SMILES string of the molecule is Clc1ccc(C2CC(Nc3ccc(Br)c(Cl)c3)C2)cc1. The third-order valence-corrected chi connectivity index (χ3v) is 5.25. The minimum atomic E-state index is 0.521. The Labute approximate surface area is 137 Å². The van der Waals surface area contributed by atoms with Crippen molar-refractivity contribution in [3.63, 3.8) is 0 Å². The molecule has 1 fully saturated rings. The van der Waals surface area contributed by atoms with E-state index in [1.807, 2.05) is 30.3 Å². The molecule has 0 unspecified atom stereocenters. The Morgan fingerprint density at radius 3 is 2.35 bits per heavy atom. The summed E-state index contributed by atoms with van der Waals surface area (Å²) >= 11 is 15.4. The van der Waals surface area contributed by atoms with Crippen LogP contribution in [0.25, 0.3) is 0 Å². The van der Waals surface area contributed by atoms with E-state index in [9.17, 15) is 0 Å². The van der Waals surface area contributed by atoms with Gasteiger partial charge in [-0.1, -0.05) is 35.3 Å². The summed E-state index contributed by atoms with van der Waals surface area (Å²) in [7, 11) is 0. The molecule has 1 nitrogen and oxygen atoms in total. The van der Waals surface area contributed by atoms with E-state index < -0.39 is 0 Å². The van der Waals surface area contributed by atoms with Crippen LogP contribution >= 0.6 is 39.1 Å². The van der Waals surface area contributed by atoms with Gasteiger partial charge in [0.05, 0.1) is 5.02 Å². The van der Waals surface area contributed by atoms with Crippen LogP contribution in [0.3, 0.4) is 0 Å². The maximum Gasteiger partial charge on any atom is 0.0568 e.